The third kappa shape index (κ3) is 3.67. The Bertz CT molecular complexity index is 228. The molecule has 0 spiro atoms. The Labute approximate surface area is 82.2 Å². The van der Waals surface area contributed by atoms with Crippen LogP contribution in [0, 0.1) is 0 Å². The molecule has 0 amide bonds. The Kier molecular flexibility index (Phi) is 4.82. The monoisotopic (exact) mass is 182 g/mol. The Morgan fingerprint density at radius 3 is 1.92 bits per heavy atom. The summed E-state index contributed by atoms with van der Waals surface area (Å²) in [4.78, 5) is 0. The van der Waals surface area contributed by atoms with Gasteiger partial charge in [-0.2, -0.15) is 0 Å². The summed E-state index contributed by atoms with van der Waals surface area (Å²) in [6.45, 7) is 12.6. The molecule has 0 N–H and O–H groups in total. The van der Waals surface area contributed by atoms with Crippen LogP contribution in [0.15, 0.2) is 16.5 Å². The fourth-order valence-corrected chi connectivity index (χ4v) is 0.971. The van der Waals surface area contributed by atoms with Crippen LogP contribution in [0.5, 0.6) is 0 Å². The summed E-state index contributed by atoms with van der Waals surface area (Å²) in [7, 11) is 0. The van der Waals surface area contributed by atoms with Crippen molar-refractivity contribution in [1.29, 1.82) is 0 Å². The molecular formula is C12H22O. The zero-order valence-electron chi connectivity index (χ0n) is 9.77. The molecule has 0 bridgehead atoms. The average Bonchev–Trinajstić information content (AvgIpc) is 2.54. The Morgan fingerprint density at radius 2 is 1.69 bits per heavy atom. The fourth-order valence-electron chi connectivity index (χ4n) is 0.971. The van der Waals surface area contributed by atoms with Crippen LogP contribution < -0.4 is 0 Å². The van der Waals surface area contributed by atoms with E-state index in [2.05, 4.69) is 39.8 Å². The molecule has 1 heteroatoms. The van der Waals surface area contributed by atoms with Crippen molar-refractivity contribution in [2.75, 3.05) is 0 Å². The molecule has 0 fully saturated rings. The molecule has 0 saturated heterocycles. The highest BCUT2D eigenvalue weighted by Gasteiger charge is 2.17. The molecule has 0 aromatic carbocycles. The lowest BCUT2D eigenvalue weighted by atomic mass is 9.94. The quantitative estimate of drug-likeness (QED) is 0.635. The van der Waals surface area contributed by atoms with Crippen LogP contribution in [0.1, 0.15) is 53.1 Å². The first-order valence-electron chi connectivity index (χ1n) is 5.13. The van der Waals surface area contributed by atoms with Gasteiger partial charge in [0.1, 0.15) is 11.5 Å². The van der Waals surface area contributed by atoms with Gasteiger partial charge in [0.05, 0.1) is 0 Å². The maximum atomic E-state index is 5.60. The van der Waals surface area contributed by atoms with Crippen LogP contribution in [0.25, 0.3) is 0 Å². The van der Waals surface area contributed by atoms with Gasteiger partial charge in [-0.25, -0.2) is 0 Å². The van der Waals surface area contributed by atoms with Crippen molar-refractivity contribution in [1.82, 2.24) is 0 Å². The highest BCUT2D eigenvalue weighted by atomic mass is 16.3. The molecular weight excluding hydrogens is 160 g/mol. The fraction of sp³-hybridized carbons (Fsp3) is 0.667. The van der Waals surface area contributed by atoms with E-state index in [9.17, 15) is 0 Å². The maximum absolute atomic E-state index is 5.60. The second kappa shape index (κ2) is 5.11. The van der Waals surface area contributed by atoms with Gasteiger partial charge in [-0.05, 0) is 12.1 Å². The summed E-state index contributed by atoms with van der Waals surface area (Å²) in [6.07, 6.45) is 0.982. The normalized spacial score (nSPS) is 10.6. The molecule has 0 aliphatic rings. The number of hydrogen-bond donors (Lipinski definition) is 0. The molecule has 76 valence electrons. The van der Waals surface area contributed by atoms with Gasteiger partial charge in [0.25, 0.3) is 0 Å². The van der Waals surface area contributed by atoms with Crippen LogP contribution in [0.4, 0.5) is 0 Å². The second-order valence-electron chi connectivity index (χ2n) is 3.87. The molecule has 1 nitrogen and oxygen atoms in total. The van der Waals surface area contributed by atoms with E-state index in [0.717, 1.165) is 17.9 Å². The van der Waals surface area contributed by atoms with Crippen molar-refractivity contribution in [2.24, 2.45) is 0 Å². The van der Waals surface area contributed by atoms with Gasteiger partial charge < -0.3 is 4.42 Å². The van der Waals surface area contributed by atoms with Crippen LogP contribution in [-0.2, 0) is 11.8 Å². The van der Waals surface area contributed by atoms with Crippen molar-refractivity contribution >= 4 is 0 Å². The van der Waals surface area contributed by atoms with Gasteiger partial charge in [0, 0.05) is 11.8 Å². The van der Waals surface area contributed by atoms with Gasteiger partial charge in [0.15, 0.2) is 0 Å². The number of rotatable bonds is 1. The summed E-state index contributed by atoms with van der Waals surface area (Å²) >= 11 is 0. The summed E-state index contributed by atoms with van der Waals surface area (Å²) in [5.41, 5.74) is 0.146. The second-order valence-corrected chi connectivity index (χ2v) is 3.87. The van der Waals surface area contributed by atoms with E-state index in [1.54, 1.807) is 0 Å². The van der Waals surface area contributed by atoms with E-state index < -0.39 is 0 Å². The minimum Gasteiger partial charge on any atom is -0.466 e. The van der Waals surface area contributed by atoms with Crippen molar-refractivity contribution in [2.45, 2.75) is 53.4 Å². The molecule has 1 aromatic heterocycles. The van der Waals surface area contributed by atoms with Crippen molar-refractivity contribution in [3.8, 4) is 0 Å². The number of hydrogen-bond acceptors (Lipinski definition) is 1. The maximum Gasteiger partial charge on any atom is 0.109 e. The van der Waals surface area contributed by atoms with Gasteiger partial charge in [0.2, 0.25) is 0 Å². The van der Waals surface area contributed by atoms with Crippen LogP contribution in [0.2, 0.25) is 0 Å². The smallest absolute Gasteiger partial charge is 0.109 e. The summed E-state index contributed by atoms with van der Waals surface area (Å²) in [5.74, 6) is 2.16. The van der Waals surface area contributed by atoms with E-state index in [4.69, 9.17) is 4.42 Å². The predicted octanol–water partition coefficient (Wildman–Crippen LogP) is 4.17. The van der Waals surface area contributed by atoms with Crippen LogP contribution in [-0.4, -0.2) is 0 Å². The topological polar surface area (TPSA) is 13.1 Å². The minimum absolute atomic E-state index is 0.146. The minimum atomic E-state index is 0.146. The van der Waals surface area contributed by atoms with Crippen molar-refractivity contribution < 1.29 is 4.42 Å². The summed E-state index contributed by atoms with van der Waals surface area (Å²) < 4.78 is 5.60. The molecule has 0 aliphatic heterocycles. The van der Waals surface area contributed by atoms with Gasteiger partial charge in [-0.3, -0.25) is 0 Å². The molecule has 0 atom stereocenters. The van der Waals surface area contributed by atoms with E-state index >= 15 is 0 Å². The zero-order valence-corrected chi connectivity index (χ0v) is 9.77. The van der Waals surface area contributed by atoms with E-state index in [1.165, 1.54) is 0 Å². The first kappa shape index (κ1) is 12.3. The standard InChI is InChI=1S/C10H16O.C2H6/c1-5-8-6-7-9(11-8)10(2,3)4;1-2/h6-7H,5H2,1-4H3;1-2H3. The van der Waals surface area contributed by atoms with Crippen LogP contribution >= 0.6 is 0 Å². The Hall–Kier alpha value is -0.720. The molecule has 0 unspecified atom stereocenters. The van der Waals surface area contributed by atoms with Gasteiger partial charge >= 0.3 is 0 Å². The Balaban J connectivity index is 0.000000671. The third-order valence-electron chi connectivity index (χ3n) is 1.75. The number of furan rings is 1. The SMILES string of the molecule is CC.CCc1ccc(C(C)(C)C)o1. The van der Waals surface area contributed by atoms with Gasteiger partial charge in [-0.15, -0.1) is 0 Å². The molecule has 1 aromatic rings. The molecule has 0 aliphatic carbocycles. The highest BCUT2D eigenvalue weighted by Crippen LogP contribution is 2.24. The van der Waals surface area contributed by atoms with Crippen molar-refractivity contribution in [3.05, 3.63) is 23.7 Å². The molecule has 13 heavy (non-hydrogen) atoms. The predicted molar refractivity (Wildman–Crippen MR) is 58.1 cm³/mol. The first-order chi connectivity index (χ1) is 6.04. The summed E-state index contributed by atoms with van der Waals surface area (Å²) in [6, 6.07) is 4.12. The molecule has 0 saturated carbocycles. The summed E-state index contributed by atoms with van der Waals surface area (Å²) in [5, 5.41) is 0. The Morgan fingerprint density at radius 1 is 1.15 bits per heavy atom. The lowest BCUT2D eigenvalue weighted by Crippen LogP contribution is -2.09. The van der Waals surface area contributed by atoms with E-state index in [-0.39, 0.29) is 5.41 Å². The van der Waals surface area contributed by atoms with Crippen molar-refractivity contribution in [3.63, 3.8) is 0 Å². The van der Waals surface area contributed by atoms with E-state index in [0.29, 0.717) is 0 Å². The lowest BCUT2D eigenvalue weighted by Gasteiger charge is -2.13. The third-order valence-corrected chi connectivity index (χ3v) is 1.75. The number of aryl methyl sites for hydroxylation is 1. The molecule has 0 radical (unpaired) electrons. The van der Waals surface area contributed by atoms with Gasteiger partial charge in [-0.1, -0.05) is 41.5 Å². The largest absolute Gasteiger partial charge is 0.466 e. The molecule has 1 heterocycles. The lowest BCUT2D eigenvalue weighted by molar-refractivity contribution is 0.388. The van der Waals surface area contributed by atoms with Crippen LogP contribution in [0.3, 0.4) is 0 Å². The average molecular weight is 182 g/mol. The first-order valence-corrected chi connectivity index (χ1v) is 5.13. The zero-order chi connectivity index (χ0) is 10.5. The highest BCUT2D eigenvalue weighted by molar-refractivity contribution is 5.13. The molecule has 1 rings (SSSR count). The van der Waals surface area contributed by atoms with E-state index in [1.807, 2.05) is 13.8 Å².